The SMILES string of the molecule is C=C(C)/C(NC(=O)c1cc(F)c(-c2cnc(C)c(C(C)O)n2)cc1OCC(F)(F)F)=C(/Cl)NC. The molecule has 0 radical (unpaired) electrons. The molecule has 12 heteroatoms. The van der Waals surface area contributed by atoms with Crippen molar-refractivity contribution >= 4 is 17.5 Å². The molecule has 1 atom stereocenters. The summed E-state index contributed by atoms with van der Waals surface area (Å²) in [7, 11) is 1.48. The molecule has 0 aliphatic heterocycles. The van der Waals surface area contributed by atoms with Crippen molar-refractivity contribution in [3.8, 4) is 17.0 Å². The minimum Gasteiger partial charge on any atom is -0.483 e. The summed E-state index contributed by atoms with van der Waals surface area (Å²) in [5.74, 6) is -2.50. The van der Waals surface area contributed by atoms with Crippen LogP contribution in [0, 0.1) is 12.7 Å². The van der Waals surface area contributed by atoms with Crippen molar-refractivity contribution in [3.63, 3.8) is 0 Å². The van der Waals surface area contributed by atoms with E-state index in [4.69, 9.17) is 16.3 Å². The van der Waals surface area contributed by atoms with Gasteiger partial charge in [0.15, 0.2) is 6.61 Å². The Kier molecular flexibility index (Phi) is 8.62. The minimum atomic E-state index is -4.72. The zero-order chi connectivity index (χ0) is 25.8. The van der Waals surface area contributed by atoms with Crippen LogP contribution in [0.25, 0.3) is 11.3 Å². The summed E-state index contributed by atoms with van der Waals surface area (Å²) in [4.78, 5) is 21.1. The highest BCUT2D eigenvalue weighted by Gasteiger charge is 2.30. The molecule has 2 rings (SSSR count). The Morgan fingerprint density at radius 1 is 1.35 bits per heavy atom. The monoisotopic (exact) mass is 502 g/mol. The van der Waals surface area contributed by atoms with E-state index in [1.807, 2.05) is 0 Å². The predicted molar refractivity (Wildman–Crippen MR) is 119 cm³/mol. The van der Waals surface area contributed by atoms with Gasteiger partial charge in [-0.05, 0) is 38.5 Å². The normalized spacial score (nSPS) is 13.1. The summed E-state index contributed by atoms with van der Waals surface area (Å²) in [6, 6.07) is 1.65. The third kappa shape index (κ3) is 6.67. The number of amides is 1. The van der Waals surface area contributed by atoms with Crippen LogP contribution < -0.4 is 15.4 Å². The van der Waals surface area contributed by atoms with Crippen LogP contribution in [0.1, 0.15) is 41.7 Å². The number of carbonyl (C=O) groups excluding carboxylic acids is 1. The molecule has 1 amide bonds. The molecule has 0 saturated heterocycles. The number of allylic oxidation sites excluding steroid dienone is 1. The number of alkyl halides is 3. The number of aliphatic hydroxyl groups excluding tert-OH is 1. The second-order valence-corrected chi connectivity index (χ2v) is 7.69. The summed E-state index contributed by atoms with van der Waals surface area (Å²) in [6.07, 6.45) is -4.55. The number of ether oxygens (including phenoxy) is 1. The van der Waals surface area contributed by atoms with Crippen LogP contribution in [0.15, 0.2) is 41.3 Å². The third-order valence-corrected chi connectivity index (χ3v) is 4.85. The number of aromatic nitrogens is 2. The molecule has 0 saturated carbocycles. The van der Waals surface area contributed by atoms with E-state index in [-0.39, 0.29) is 27.8 Å². The molecule has 0 fully saturated rings. The number of nitrogens with zero attached hydrogens (tertiary/aromatic N) is 2. The van der Waals surface area contributed by atoms with Gasteiger partial charge in [0.25, 0.3) is 5.91 Å². The van der Waals surface area contributed by atoms with Gasteiger partial charge in [0.2, 0.25) is 0 Å². The Hall–Kier alpha value is -3.18. The van der Waals surface area contributed by atoms with E-state index < -0.39 is 41.9 Å². The van der Waals surface area contributed by atoms with Gasteiger partial charge in [0.1, 0.15) is 16.7 Å². The number of hydrogen-bond donors (Lipinski definition) is 3. The van der Waals surface area contributed by atoms with Crippen LogP contribution in [-0.4, -0.2) is 40.8 Å². The second kappa shape index (κ2) is 10.8. The molecule has 2 aromatic rings. The maximum absolute atomic E-state index is 15.0. The topological polar surface area (TPSA) is 96.4 Å². The van der Waals surface area contributed by atoms with Crippen molar-refractivity contribution in [3.05, 3.63) is 64.1 Å². The van der Waals surface area contributed by atoms with Gasteiger partial charge in [-0.15, -0.1) is 0 Å². The number of aryl methyl sites for hydroxylation is 1. The van der Waals surface area contributed by atoms with Gasteiger partial charge < -0.3 is 20.5 Å². The van der Waals surface area contributed by atoms with Gasteiger partial charge >= 0.3 is 6.18 Å². The molecule has 184 valence electrons. The molecule has 1 aromatic carbocycles. The molecule has 1 heterocycles. The standard InChI is InChI=1S/C22H23ClF4N4O3/c1-10(2)18(20(23)28-5)31-21(33)14-6-15(24)13(7-17(14)34-9-22(25,26)27)16-8-29-11(3)19(30-16)12(4)32/h6-8,12,28,32H,1,9H2,2-5H3,(H,31,33)/b20-18+. The summed E-state index contributed by atoms with van der Waals surface area (Å²) < 4.78 is 58.4. The summed E-state index contributed by atoms with van der Waals surface area (Å²) >= 11 is 6.01. The lowest BCUT2D eigenvalue weighted by molar-refractivity contribution is -0.153. The number of carbonyl (C=O) groups is 1. The van der Waals surface area contributed by atoms with E-state index in [1.165, 1.54) is 27.1 Å². The summed E-state index contributed by atoms with van der Waals surface area (Å²) in [5, 5.41) is 14.9. The van der Waals surface area contributed by atoms with Crippen molar-refractivity contribution in [1.29, 1.82) is 0 Å². The fourth-order valence-electron chi connectivity index (χ4n) is 2.85. The zero-order valence-electron chi connectivity index (χ0n) is 18.8. The number of halogens is 5. The Bertz CT molecular complexity index is 1130. The van der Waals surface area contributed by atoms with Gasteiger partial charge in [-0.25, -0.2) is 9.37 Å². The first-order valence-corrected chi connectivity index (χ1v) is 10.2. The number of benzene rings is 1. The average Bonchev–Trinajstić information content (AvgIpc) is 2.75. The molecule has 7 nitrogen and oxygen atoms in total. The first-order valence-electron chi connectivity index (χ1n) is 9.85. The lowest BCUT2D eigenvalue weighted by Gasteiger charge is -2.17. The number of nitrogens with one attached hydrogen (secondary N) is 2. The smallest absolute Gasteiger partial charge is 0.422 e. The van der Waals surface area contributed by atoms with Crippen molar-refractivity contribution in [2.24, 2.45) is 0 Å². The van der Waals surface area contributed by atoms with Crippen LogP contribution in [0.5, 0.6) is 5.75 Å². The molecule has 3 N–H and O–H groups in total. The first-order chi connectivity index (χ1) is 15.7. The fourth-order valence-corrected chi connectivity index (χ4v) is 3.06. The highest BCUT2D eigenvalue weighted by atomic mass is 35.5. The van der Waals surface area contributed by atoms with Crippen LogP contribution in [0.4, 0.5) is 17.6 Å². The molecular weight excluding hydrogens is 480 g/mol. The summed E-state index contributed by atoms with van der Waals surface area (Å²) in [5.41, 5.74) is 0.101. The van der Waals surface area contributed by atoms with Crippen LogP contribution in [-0.2, 0) is 0 Å². The Morgan fingerprint density at radius 2 is 2.00 bits per heavy atom. The van der Waals surface area contributed by atoms with Crippen molar-refractivity contribution in [2.75, 3.05) is 13.7 Å². The molecule has 1 unspecified atom stereocenters. The van der Waals surface area contributed by atoms with Crippen LogP contribution >= 0.6 is 11.6 Å². The lowest BCUT2D eigenvalue weighted by atomic mass is 10.1. The van der Waals surface area contributed by atoms with E-state index >= 15 is 4.39 Å². The van der Waals surface area contributed by atoms with Gasteiger partial charge in [-0.3, -0.25) is 9.78 Å². The lowest BCUT2D eigenvalue weighted by Crippen LogP contribution is -2.27. The molecule has 1 aromatic heterocycles. The highest BCUT2D eigenvalue weighted by molar-refractivity contribution is 6.30. The zero-order valence-corrected chi connectivity index (χ0v) is 19.5. The largest absolute Gasteiger partial charge is 0.483 e. The van der Waals surface area contributed by atoms with E-state index in [2.05, 4.69) is 27.2 Å². The second-order valence-electron chi connectivity index (χ2n) is 7.31. The molecule has 0 aliphatic carbocycles. The van der Waals surface area contributed by atoms with Crippen molar-refractivity contribution < 1.29 is 32.2 Å². The predicted octanol–water partition coefficient (Wildman–Crippen LogP) is 4.52. The van der Waals surface area contributed by atoms with E-state index in [9.17, 15) is 23.1 Å². The van der Waals surface area contributed by atoms with Crippen molar-refractivity contribution in [2.45, 2.75) is 33.1 Å². The summed E-state index contributed by atoms with van der Waals surface area (Å²) in [6.45, 7) is 6.51. The van der Waals surface area contributed by atoms with Gasteiger partial charge in [0.05, 0.1) is 40.6 Å². The van der Waals surface area contributed by atoms with E-state index in [0.717, 1.165) is 12.1 Å². The molecule has 34 heavy (non-hydrogen) atoms. The molecule has 0 bridgehead atoms. The number of aliphatic hydroxyl groups is 1. The Labute approximate surface area is 198 Å². The molecular formula is C22H23ClF4N4O3. The first kappa shape index (κ1) is 27.1. The quantitative estimate of drug-likeness (QED) is 0.279. The number of rotatable bonds is 8. The minimum absolute atomic E-state index is 0.0104. The van der Waals surface area contributed by atoms with Gasteiger partial charge in [0, 0.05) is 12.6 Å². The van der Waals surface area contributed by atoms with Crippen LogP contribution in [0.3, 0.4) is 0 Å². The Morgan fingerprint density at radius 3 is 2.53 bits per heavy atom. The third-order valence-electron chi connectivity index (χ3n) is 4.47. The van der Waals surface area contributed by atoms with E-state index in [0.29, 0.717) is 11.3 Å². The molecule has 0 spiro atoms. The maximum Gasteiger partial charge on any atom is 0.422 e. The Balaban J connectivity index is 2.62. The van der Waals surface area contributed by atoms with Gasteiger partial charge in [-0.2, -0.15) is 13.2 Å². The number of hydrogen-bond acceptors (Lipinski definition) is 6. The highest BCUT2D eigenvalue weighted by Crippen LogP contribution is 2.32. The van der Waals surface area contributed by atoms with E-state index in [1.54, 1.807) is 6.92 Å². The maximum atomic E-state index is 15.0. The fraction of sp³-hybridized carbons (Fsp3) is 0.318. The van der Waals surface area contributed by atoms with Gasteiger partial charge in [-0.1, -0.05) is 18.2 Å². The molecule has 0 aliphatic rings. The van der Waals surface area contributed by atoms with Crippen molar-refractivity contribution in [1.82, 2.24) is 20.6 Å². The average molecular weight is 503 g/mol. The van der Waals surface area contributed by atoms with Crippen LogP contribution in [0.2, 0.25) is 0 Å².